The fraction of sp³-hybridized carbons (Fsp3) is 0.304. The zero-order valence-electron chi connectivity index (χ0n) is 17.6. The van der Waals surface area contributed by atoms with Crippen molar-refractivity contribution in [1.82, 2.24) is 14.1 Å². The summed E-state index contributed by atoms with van der Waals surface area (Å²) >= 11 is 0. The number of piperazine rings is 1. The number of halogens is 1. The van der Waals surface area contributed by atoms with E-state index in [1.54, 1.807) is 16.0 Å². The molecule has 168 valence electrons. The SMILES string of the molecule is CC(=O)N1C=Cc2ccccc2C1CC(=O)N1CCN(S(=O)(=O)c2cccc(F)c2)CC1. The summed E-state index contributed by atoms with van der Waals surface area (Å²) in [6.07, 6.45) is 3.66. The average molecular weight is 458 g/mol. The smallest absolute Gasteiger partial charge is 0.243 e. The Morgan fingerprint density at radius 2 is 1.75 bits per heavy atom. The molecule has 0 radical (unpaired) electrons. The number of benzene rings is 2. The summed E-state index contributed by atoms with van der Waals surface area (Å²) in [5.74, 6) is -0.912. The number of fused-ring (bicyclic) bond motifs is 1. The molecule has 2 amide bonds. The highest BCUT2D eigenvalue weighted by molar-refractivity contribution is 7.89. The van der Waals surface area contributed by atoms with E-state index in [-0.39, 0.29) is 49.3 Å². The quantitative estimate of drug-likeness (QED) is 0.707. The van der Waals surface area contributed by atoms with Crippen LogP contribution in [0.25, 0.3) is 6.08 Å². The first-order valence-corrected chi connectivity index (χ1v) is 11.8. The highest BCUT2D eigenvalue weighted by Gasteiger charge is 2.33. The van der Waals surface area contributed by atoms with Crippen molar-refractivity contribution in [2.75, 3.05) is 26.2 Å². The van der Waals surface area contributed by atoms with E-state index in [4.69, 9.17) is 0 Å². The molecular weight excluding hydrogens is 433 g/mol. The Morgan fingerprint density at radius 3 is 2.44 bits per heavy atom. The van der Waals surface area contributed by atoms with Crippen LogP contribution in [0.2, 0.25) is 0 Å². The van der Waals surface area contributed by atoms with Crippen LogP contribution >= 0.6 is 0 Å². The molecule has 0 aromatic heterocycles. The number of sulfonamides is 1. The van der Waals surface area contributed by atoms with E-state index in [0.717, 1.165) is 17.2 Å². The molecular formula is C23H24FN3O4S. The Morgan fingerprint density at radius 1 is 1.03 bits per heavy atom. The molecule has 2 heterocycles. The molecule has 2 aliphatic rings. The average Bonchev–Trinajstić information content (AvgIpc) is 2.79. The van der Waals surface area contributed by atoms with Gasteiger partial charge in [0, 0.05) is 39.3 Å². The van der Waals surface area contributed by atoms with Gasteiger partial charge in [-0.2, -0.15) is 4.31 Å². The molecule has 0 bridgehead atoms. The molecule has 7 nitrogen and oxygen atoms in total. The summed E-state index contributed by atoms with van der Waals surface area (Å²) < 4.78 is 40.3. The molecule has 1 saturated heterocycles. The van der Waals surface area contributed by atoms with E-state index in [1.165, 1.54) is 29.4 Å². The lowest BCUT2D eigenvalue weighted by molar-refractivity contribution is -0.135. The second kappa shape index (κ2) is 8.84. The molecule has 2 aromatic rings. The van der Waals surface area contributed by atoms with E-state index < -0.39 is 21.9 Å². The van der Waals surface area contributed by atoms with Gasteiger partial charge in [-0.3, -0.25) is 9.59 Å². The van der Waals surface area contributed by atoms with Gasteiger partial charge in [0.2, 0.25) is 21.8 Å². The monoisotopic (exact) mass is 457 g/mol. The van der Waals surface area contributed by atoms with Crippen molar-refractivity contribution >= 4 is 27.9 Å². The Balaban J connectivity index is 1.44. The van der Waals surface area contributed by atoms with Crippen LogP contribution in [0, 0.1) is 5.82 Å². The van der Waals surface area contributed by atoms with Crippen LogP contribution in [0.15, 0.2) is 59.6 Å². The molecule has 2 aromatic carbocycles. The molecule has 1 atom stereocenters. The van der Waals surface area contributed by atoms with Gasteiger partial charge in [0.15, 0.2) is 0 Å². The second-order valence-corrected chi connectivity index (χ2v) is 9.77. The zero-order chi connectivity index (χ0) is 22.9. The molecule has 0 saturated carbocycles. The molecule has 0 aliphatic carbocycles. The fourth-order valence-electron chi connectivity index (χ4n) is 4.16. The van der Waals surface area contributed by atoms with E-state index in [1.807, 2.05) is 30.3 Å². The van der Waals surface area contributed by atoms with Gasteiger partial charge in [0.25, 0.3) is 0 Å². The highest BCUT2D eigenvalue weighted by Crippen LogP contribution is 2.33. The van der Waals surface area contributed by atoms with Gasteiger partial charge < -0.3 is 9.80 Å². The second-order valence-electron chi connectivity index (χ2n) is 7.83. The predicted octanol–water partition coefficient (Wildman–Crippen LogP) is 2.62. The molecule has 1 unspecified atom stereocenters. The van der Waals surface area contributed by atoms with E-state index >= 15 is 0 Å². The van der Waals surface area contributed by atoms with E-state index in [0.29, 0.717) is 0 Å². The van der Waals surface area contributed by atoms with Crippen molar-refractivity contribution in [1.29, 1.82) is 0 Å². The predicted molar refractivity (Wildman–Crippen MR) is 117 cm³/mol. The lowest BCUT2D eigenvalue weighted by Gasteiger charge is -2.37. The molecule has 0 spiro atoms. The largest absolute Gasteiger partial charge is 0.340 e. The minimum Gasteiger partial charge on any atom is -0.340 e. The third kappa shape index (κ3) is 4.31. The molecule has 9 heteroatoms. The van der Waals surface area contributed by atoms with Crippen molar-refractivity contribution in [3.63, 3.8) is 0 Å². The van der Waals surface area contributed by atoms with Crippen molar-refractivity contribution in [2.24, 2.45) is 0 Å². The summed E-state index contributed by atoms with van der Waals surface area (Å²) in [6, 6.07) is 12.1. The third-order valence-corrected chi connectivity index (χ3v) is 7.76. The maximum absolute atomic E-state index is 13.5. The summed E-state index contributed by atoms with van der Waals surface area (Å²) in [5.41, 5.74) is 1.87. The van der Waals surface area contributed by atoms with Crippen LogP contribution in [0.4, 0.5) is 4.39 Å². The van der Waals surface area contributed by atoms with E-state index in [9.17, 15) is 22.4 Å². The Hall–Kier alpha value is -3.04. The first kappa shape index (κ1) is 22.2. The van der Waals surface area contributed by atoms with Gasteiger partial charge in [0.1, 0.15) is 5.82 Å². The first-order chi connectivity index (χ1) is 15.3. The summed E-state index contributed by atoms with van der Waals surface area (Å²) in [5, 5.41) is 0. The molecule has 2 aliphatic heterocycles. The number of carbonyl (C=O) groups is 2. The summed E-state index contributed by atoms with van der Waals surface area (Å²) in [7, 11) is -3.83. The molecule has 4 rings (SSSR count). The number of hydrogen-bond donors (Lipinski definition) is 0. The van der Waals surface area contributed by atoms with Crippen LogP contribution in [-0.2, 0) is 19.6 Å². The number of amides is 2. The van der Waals surface area contributed by atoms with Gasteiger partial charge in [-0.15, -0.1) is 0 Å². The fourth-order valence-corrected chi connectivity index (χ4v) is 5.62. The van der Waals surface area contributed by atoms with Gasteiger partial charge in [-0.05, 0) is 35.4 Å². The van der Waals surface area contributed by atoms with Crippen LogP contribution in [-0.4, -0.2) is 60.5 Å². The number of carbonyl (C=O) groups excluding carboxylic acids is 2. The number of rotatable bonds is 4. The van der Waals surface area contributed by atoms with E-state index in [2.05, 4.69) is 0 Å². The van der Waals surface area contributed by atoms with Crippen LogP contribution < -0.4 is 0 Å². The van der Waals surface area contributed by atoms with Crippen LogP contribution in [0.1, 0.15) is 30.5 Å². The lowest BCUT2D eigenvalue weighted by Crippen LogP contribution is -2.51. The Kier molecular flexibility index (Phi) is 6.12. The highest BCUT2D eigenvalue weighted by atomic mass is 32.2. The summed E-state index contributed by atoms with van der Waals surface area (Å²) in [4.78, 5) is 28.3. The Labute approximate surface area is 186 Å². The topological polar surface area (TPSA) is 78.0 Å². The van der Waals surface area contributed by atoms with Crippen molar-refractivity contribution in [3.8, 4) is 0 Å². The lowest BCUT2D eigenvalue weighted by atomic mass is 9.93. The minimum atomic E-state index is -3.83. The first-order valence-electron chi connectivity index (χ1n) is 10.4. The third-order valence-electron chi connectivity index (χ3n) is 5.86. The summed E-state index contributed by atoms with van der Waals surface area (Å²) in [6.45, 7) is 2.19. The standard InChI is InChI=1S/C23H24FN3O4S/c1-17(28)27-10-9-18-5-2-3-8-21(18)22(27)16-23(29)25-11-13-26(14-12-25)32(30,31)20-7-4-6-19(24)15-20/h2-10,15,22H,11-14,16H2,1H3. The van der Waals surface area contributed by atoms with Crippen molar-refractivity contribution < 1.29 is 22.4 Å². The minimum absolute atomic E-state index is 0.0972. The number of nitrogens with zero attached hydrogens (tertiary/aromatic N) is 3. The molecule has 1 fully saturated rings. The van der Waals surface area contributed by atoms with Gasteiger partial charge in [-0.25, -0.2) is 12.8 Å². The molecule has 32 heavy (non-hydrogen) atoms. The van der Waals surface area contributed by atoms with Crippen LogP contribution in [0.3, 0.4) is 0 Å². The van der Waals surface area contributed by atoms with Gasteiger partial charge >= 0.3 is 0 Å². The maximum atomic E-state index is 13.5. The normalized spacial score (nSPS) is 19.0. The van der Waals surface area contributed by atoms with Crippen LogP contribution in [0.5, 0.6) is 0 Å². The zero-order valence-corrected chi connectivity index (χ0v) is 18.5. The molecule has 0 N–H and O–H groups in total. The number of hydrogen-bond acceptors (Lipinski definition) is 4. The van der Waals surface area contributed by atoms with Gasteiger partial charge in [-0.1, -0.05) is 30.3 Å². The maximum Gasteiger partial charge on any atom is 0.243 e. The van der Waals surface area contributed by atoms with Crippen molar-refractivity contribution in [3.05, 3.63) is 71.7 Å². The Bertz CT molecular complexity index is 1170. The van der Waals surface area contributed by atoms with Gasteiger partial charge in [0.05, 0.1) is 17.4 Å². The van der Waals surface area contributed by atoms with Crippen molar-refractivity contribution in [2.45, 2.75) is 24.3 Å².